The third kappa shape index (κ3) is 6.73. The fourth-order valence-electron chi connectivity index (χ4n) is 2.67. The first-order chi connectivity index (χ1) is 15.1. The van der Waals surface area contributed by atoms with Crippen molar-refractivity contribution >= 4 is 50.9 Å². The molecule has 3 rings (SSSR count). The second kappa shape index (κ2) is 11.8. The molecule has 164 valence electrons. The number of fused-ring (bicyclic) bond motifs is 1. The lowest BCUT2D eigenvalue weighted by Crippen LogP contribution is -2.18. The number of hydrogen-bond donors (Lipinski definition) is 1. The van der Waals surface area contributed by atoms with Crippen molar-refractivity contribution in [3.63, 3.8) is 0 Å². The number of thioether (sulfide) groups is 1. The van der Waals surface area contributed by atoms with Crippen molar-refractivity contribution in [3.8, 4) is 0 Å². The highest BCUT2D eigenvalue weighted by Gasteiger charge is 2.16. The van der Waals surface area contributed by atoms with E-state index in [-0.39, 0.29) is 18.9 Å². The van der Waals surface area contributed by atoms with E-state index in [4.69, 9.17) is 14.2 Å². The van der Waals surface area contributed by atoms with Crippen LogP contribution in [0.5, 0.6) is 0 Å². The summed E-state index contributed by atoms with van der Waals surface area (Å²) in [6.07, 6.45) is 1.49. The van der Waals surface area contributed by atoms with Crippen LogP contribution in [0, 0.1) is 0 Å². The van der Waals surface area contributed by atoms with Crippen molar-refractivity contribution in [2.45, 2.75) is 17.7 Å². The Morgan fingerprint density at radius 1 is 1.23 bits per heavy atom. The number of thiazole rings is 1. The smallest absolute Gasteiger partial charge is 0.311 e. The van der Waals surface area contributed by atoms with E-state index in [1.165, 1.54) is 23.1 Å². The van der Waals surface area contributed by atoms with Gasteiger partial charge in [0.15, 0.2) is 4.34 Å². The minimum Gasteiger partial charge on any atom is -0.466 e. The van der Waals surface area contributed by atoms with Gasteiger partial charge < -0.3 is 19.5 Å². The van der Waals surface area contributed by atoms with Crippen LogP contribution in [0.2, 0.25) is 0 Å². The maximum Gasteiger partial charge on any atom is 0.311 e. The van der Waals surface area contributed by atoms with E-state index in [1.54, 1.807) is 38.4 Å². The molecule has 0 saturated carbocycles. The summed E-state index contributed by atoms with van der Waals surface area (Å²) in [6, 6.07) is 8.83. The Morgan fingerprint density at radius 2 is 2.10 bits per heavy atom. The number of methoxy groups -OCH3 is 1. The highest BCUT2D eigenvalue weighted by molar-refractivity contribution is 8.01. The van der Waals surface area contributed by atoms with E-state index in [9.17, 15) is 9.59 Å². The molecule has 8 nitrogen and oxygen atoms in total. The fraction of sp³-hybridized carbons (Fsp3) is 0.333. The molecule has 31 heavy (non-hydrogen) atoms. The minimum absolute atomic E-state index is 0.0572. The number of rotatable bonds is 11. The maximum absolute atomic E-state index is 12.8. The van der Waals surface area contributed by atoms with Gasteiger partial charge in [0.25, 0.3) is 5.91 Å². The number of nitrogens with one attached hydrogen (secondary N) is 1. The van der Waals surface area contributed by atoms with Gasteiger partial charge in [0.05, 0.1) is 53.7 Å². The molecule has 10 heteroatoms. The first kappa shape index (κ1) is 23.1. The van der Waals surface area contributed by atoms with E-state index in [0.717, 1.165) is 14.6 Å². The lowest BCUT2D eigenvalue weighted by molar-refractivity contribution is -0.142. The molecule has 0 aliphatic heterocycles. The van der Waals surface area contributed by atoms with E-state index in [0.29, 0.717) is 36.1 Å². The van der Waals surface area contributed by atoms with E-state index in [2.05, 4.69) is 15.3 Å². The number of amides is 1. The molecule has 0 unspecified atom stereocenters. The van der Waals surface area contributed by atoms with Crippen LogP contribution in [-0.4, -0.2) is 54.7 Å². The number of aromatic nitrogens is 2. The molecular formula is C21H23N3O5S2. The minimum atomic E-state index is -0.419. The van der Waals surface area contributed by atoms with Crippen LogP contribution in [0.4, 0.5) is 5.69 Å². The quantitative estimate of drug-likeness (QED) is 0.199. The van der Waals surface area contributed by atoms with E-state index >= 15 is 0 Å². The highest BCUT2D eigenvalue weighted by Crippen LogP contribution is 2.31. The summed E-state index contributed by atoms with van der Waals surface area (Å²) in [7, 11) is 1.63. The molecule has 0 spiro atoms. The number of anilines is 1. The van der Waals surface area contributed by atoms with Gasteiger partial charge >= 0.3 is 5.97 Å². The van der Waals surface area contributed by atoms with Crippen molar-refractivity contribution in [2.75, 3.05) is 38.2 Å². The summed E-state index contributed by atoms with van der Waals surface area (Å²) >= 11 is 3.05. The van der Waals surface area contributed by atoms with Crippen LogP contribution in [-0.2, 0) is 25.4 Å². The molecule has 0 atom stereocenters. The van der Waals surface area contributed by atoms with Gasteiger partial charge in [-0.2, -0.15) is 0 Å². The highest BCUT2D eigenvalue weighted by atomic mass is 32.2. The number of nitrogens with zero attached hydrogens (tertiary/aromatic N) is 2. The molecule has 1 N–H and O–H groups in total. The van der Waals surface area contributed by atoms with Crippen LogP contribution in [0.15, 0.2) is 40.9 Å². The Bertz CT molecular complexity index is 1040. The van der Waals surface area contributed by atoms with Gasteiger partial charge in [-0.1, -0.05) is 11.8 Å². The maximum atomic E-state index is 12.8. The van der Waals surface area contributed by atoms with Crippen LogP contribution in [0.1, 0.15) is 23.0 Å². The Balaban J connectivity index is 1.66. The lowest BCUT2D eigenvalue weighted by atomic mass is 10.1. The van der Waals surface area contributed by atoms with Gasteiger partial charge in [-0.3, -0.25) is 14.6 Å². The predicted octanol–water partition coefficient (Wildman–Crippen LogP) is 3.76. The van der Waals surface area contributed by atoms with Crippen LogP contribution >= 0.6 is 23.1 Å². The molecule has 0 bridgehead atoms. The standard InChI is InChI=1S/C21H23N3O5S2/c1-3-29-19(25)12-17-15(5-4-8-22-17)20(26)23-14-6-7-16-18(11-14)31-21(24-16)30-13-28-10-9-27-2/h4-8,11H,3,9-10,12-13H2,1-2H3,(H,23,26). The number of carbonyl (C=O) groups excluding carboxylic acids is 2. The SMILES string of the molecule is CCOC(=O)Cc1ncccc1C(=O)Nc1ccc2nc(SCOCCOC)sc2c1. The monoisotopic (exact) mass is 461 g/mol. The third-order valence-corrected chi connectivity index (χ3v) is 6.12. The van der Waals surface area contributed by atoms with Crippen molar-refractivity contribution in [1.82, 2.24) is 9.97 Å². The van der Waals surface area contributed by atoms with Crippen molar-refractivity contribution in [1.29, 1.82) is 0 Å². The van der Waals surface area contributed by atoms with E-state index in [1.807, 2.05) is 12.1 Å². The number of esters is 1. The average Bonchev–Trinajstić information content (AvgIpc) is 3.16. The first-order valence-corrected chi connectivity index (χ1v) is 11.4. The van der Waals surface area contributed by atoms with Crippen LogP contribution in [0.3, 0.4) is 0 Å². The Labute approximate surface area is 188 Å². The Kier molecular flexibility index (Phi) is 8.77. The van der Waals surface area contributed by atoms with Crippen LogP contribution in [0.25, 0.3) is 10.2 Å². The van der Waals surface area contributed by atoms with Crippen LogP contribution < -0.4 is 5.32 Å². The number of benzene rings is 1. The molecule has 0 fully saturated rings. The molecule has 0 radical (unpaired) electrons. The number of ether oxygens (including phenoxy) is 3. The van der Waals surface area contributed by atoms with Gasteiger partial charge in [-0.05, 0) is 37.3 Å². The molecule has 2 aromatic heterocycles. The summed E-state index contributed by atoms with van der Waals surface area (Å²) in [5.41, 5.74) is 2.21. The molecule has 3 aromatic rings. The lowest BCUT2D eigenvalue weighted by Gasteiger charge is -2.09. The van der Waals surface area contributed by atoms with Gasteiger partial charge in [0.2, 0.25) is 0 Å². The topological polar surface area (TPSA) is 99.6 Å². The Hall–Kier alpha value is -2.53. The van der Waals surface area contributed by atoms with Crippen molar-refractivity contribution in [3.05, 3.63) is 47.8 Å². The molecule has 0 aliphatic rings. The van der Waals surface area contributed by atoms with Gasteiger partial charge in [0, 0.05) is 19.0 Å². The van der Waals surface area contributed by atoms with Gasteiger partial charge in [0.1, 0.15) is 0 Å². The van der Waals surface area contributed by atoms with Crippen molar-refractivity contribution < 1.29 is 23.8 Å². The number of pyridine rings is 1. The Morgan fingerprint density at radius 3 is 2.90 bits per heavy atom. The van der Waals surface area contributed by atoms with Gasteiger partial charge in [-0.15, -0.1) is 11.3 Å². The average molecular weight is 462 g/mol. The largest absolute Gasteiger partial charge is 0.466 e. The third-order valence-electron chi connectivity index (χ3n) is 4.08. The summed E-state index contributed by atoms with van der Waals surface area (Å²) in [5.74, 6) is -0.258. The zero-order valence-corrected chi connectivity index (χ0v) is 18.9. The fourth-order valence-corrected chi connectivity index (χ4v) is 4.52. The molecule has 1 aromatic carbocycles. The van der Waals surface area contributed by atoms with E-state index < -0.39 is 5.97 Å². The molecule has 2 heterocycles. The summed E-state index contributed by atoms with van der Waals surface area (Å²) in [4.78, 5) is 33.3. The zero-order chi connectivity index (χ0) is 22.1. The molecule has 0 saturated heterocycles. The number of carbonyl (C=O) groups is 2. The molecule has 1 amide bonds. The van der Waals surface area contributed by atoms with Gasteiger partial charge in [-0.25, -0.2) is 4.98 Å². The first-order valence-electron chi connectivity index (χ1n) is 9.61. The normalized spacial score (nSPS) is 10.9. The second-order valence-electron chi connectivity index (χ2n) is 6.26. The summed E-state index contributed by atoms with van der Waals surface area (Å²) in [5, 5.41) is 2.87. The van der Waals surface area contributed by atoms with Crippen molar-refractivity contribution in [2.24, 2.45) is 0 Å². The number of hydrogen-bond acceptors (Lipinski definition) is 9. The molecular weight excluding hydrogens is 438 g/mol. The zero-order valence-electron chi connectivity index (χ0n) is 17.3. The summed E-state index contributed by atoms with van der Waals surface area (Å²) < 4.78 is 17.2. The predicted molar refractivity (Wildman–Crippen MR) is 121 cm³/mol. The second-order valence-corrected chi connectivity index (χ2v) is 8.46. The summed E-state index contributed by atoms with van der Waals surface area (Å²) in [6.45, 7) is 3.11. The molecule has 0 aliphatic carbocycles.